The van der Waals surface area contributed by atoms with E-state index in [0.717, 1.165) is 0 Å². The maximum Gasteiger partial charge on any atom is 0.319 e. The summed E-state index contributed by atoms with van der Waals surface area (Å²) in [6.07, 6.45) is 0.465. The number of ketones is 1. The number of carbonyl (C=O) groups is 2. The largest absolute Gasteiger partial charge is 0.326 e. The summed E-state index contributed by atoms with van der Waals surface area (Å²) in [5.41, 5.74) is 0. The summed E-state index contributed by atoms with van der Waals surface area (Å²) in [4.78, 5) is 25.3. The van der Waals surface area contributed by atoms with Crippen LogP contribution in [0.2, 0.25) is 0 Å². The molecule has 0 aromatic rings. The van der Waals surface area contributed by atoms with Crippen molar-refractivity contribution in [1.82, 2.24) is 9.80 Å². The molecule has 68 valence electrons. The zero-order valence-electron chi connectivity index (χ0n) is 7.70. The SMILES string of the molecule is CC(=O)CC1CN(C)C(=O)N1C. The highest BCUT2D eigenvalue weighted by atomic mass is 16.2. The first-order valence-corrected chi connectivity index (χ1v) is 3.99. The second-order valence-corrected chi connectivity index (χ2v) is 3.33. The lowest BCUT2D eigenvalue weighted by molar-refractivity contribution is -0.117. The number of amides is 2. The van der Waals surface area contributed by atoms with Crippen LogP contribution in [-0.4, -0.2) is 48.3 Å². The molecule has 4 nitrogen and oxygen atoms in total. The predicted octanol–water partition coefficient (Wildman–Crippen LogP) is 0.331. The zero-order chi connectivity index (χ0) is 9.30. The fraction of sp³-hybridized carbons (Fsp3) is 0.750. The molecule has 0 aliphatic carbocycles. The van der Waals surface area contributed by atoms with E-state index in [1.54, 1.807) is 30.8 Å². The van der Waals surface area contributed by atoms with Crippen molar-refractivity contribution in [2.45, 2.75) is 19.4 Å². The molecular weight excluding hydrogens is 156 g/mol. The van der Waals surface area contributed by atoms with Gasteiger partial charge >= 0.3 is 6.03 Å². The molecule has 0 spiro atoms. The van der Waals surface area contributed by atoms with Gasteiger partial charge in [-0.05, 0) is 6.92 Å². The Morgan fingerprint density at radius 1 is 1.58 bits per heavy atom. The van der Waals surface area contributed by atoms with E-state index < -0.39 is 0 Å². The Bertz CT molecular complexity index is 215. The molecule has 1 unspecified atom stereocenters. The maximum atomic E-state index is 11.2. The standard InChI is InChI=1S/C8H14N2O2/c1-6(11)4-7-5-9(2)8(12)10(7)3/h7H,4-5H2,1-3H3. The third-order valence-electron chi connectivity index (χ3n) is 2.18. The van der Waals surface area contributed by atoms with Crippen LogP contribution < -0.4 is 0 Å². The van der Waals surface area contributed by atoms with Crippen LogP contribution in [-0.2, 0) is 4.79 Å². The highest BCUT2D eigenvalue weighted by Crippen LogP contribution is 2.14. The van der Waals surface area contributed by atoms with E-state index in [-0.39, 0.29) is 17.9 Å². The predicted molar refractivity (Wildman–Crippen MR) is 44.9 cm³/mol. The smallest absolute Gasteiger partial charge is 0.319 e. The molecule has 1 fully saturated rings. The number of likely N-dealkylation sites (N-methyl/N-ethyl adjacent to an activating group) is 2. The molecule has 0 aromatic carbocycles. The van der Waals surface area contributed by atoms with Gasteiger partial charge in [-0.15, -0.1) is 0 Å². The molecular formula is C8H14N2O2. The number of Topliss-reactive ketones (excluding diaryl/α,β-unsaturated/α-hetero) is 1. The van der Waals surface area contributed by atoms with Crippen molar-refractivity contribution in [1.29, 1.82) is 0 Å². The van der Waals surface area contributed by atoms with Gasteiger partial charge in [-0.1, -0.05) is 0 Å². The van der Waals surface area contributed by atoms with E-state index in [1.807, 2.05) is 0 Å². The first kappa shape index (κ1) is 9.03. The molecule has 1 rings (SSSR count). The van der Waals surface area contributed by atoms with Gasteiger partial charge in [0.05, 0.1) is 6.04 Å². The van der Waals surface area contributed by atoms with Gasteiger partial charge in [0, 0.05) is 27.1 Å². The number of hydrogen-bond acceptors (Lipinski definition) is 2. The first-order chi connectivity index (χ1) is 5.52. The van der Waals surface area contributed by atoms with E-state index in [0.29, 0.717) is 13.0 Å². The van der Waals surface area contributed by atoms with Crippen LogP contribution in [0.25, 0.3) is 0 Å². The lowest BCUT2D eigenvalue weighted by Crippen LogP contribution is -2.31. The monoisotopic (exact) mass is 170 g/mol. The lowest BCUT2D eigenvalue weighted by atomic mass is 10.1. The average Bonchev–Trinajstić information content (AvgIpc) is 2.17. The summed E-state index contributed by atoms with van der Waals surface area (Å²) in [5, 5.41) is 0. The third-order valence-corrected chi connectivity index (χ3v) is 2.18. The Morgan fingerprint density at radius 2 is 2.17 bits per heavy atom. The highest BCUT2D eigenvalue weighted by molar-refractivity contribution is 5.80. The topological polar surface area (TPSA) is 40.6 Å². The number of carbonyl (C=O) groups excluding carboxylic acids is 2. The minimum Gasteiger partial charge on any atom is -0.326 e. The summed E-state index contributed by atoms with van der Waals surface area (Å²) < 4.78 is 0. The van der Waals surface area contributed by atoms with Crippen LogP contribution in [0.15, 0.2) is 0 Å². The molecule has 0 aromatic heterocycles. The van der Waals surface area contributed by atoms with Gasteiger partial charge in [-0.3, -0.25) is 4.79 Å². The van der Waals surface area contributed by atoms with E-state index >= 15 is 0 Å². The fourth-order valence-corrected chi connectivity index (χ4v) is 1.48. The molecule has 1 atom stereocenters. The van der Waals surface area contributed by atoms with Crippen molar-refractivity contribution in [3.8, 4) is 0 Å². The van der Waals surface area contributed by atoms with Crippen LogP contribution in [0.1, 0.15) is 13.3 Å². The number of rotatable bonds is 2. The Balaban J connectivity index is 2.58. The zero-order valence-corrected chi connectivity index (χ0v) is 7.70. The summed E-state index contributed by atoms with van der Waals surface area (Å²) in [5.74, 6) is 0.134. The number of hydrogen-bond donors (Lipinski definition) is 0. The summed E-state index contributed by atoms with van der Waals surface area (Å²) in [7, 11) is 3.48. The number of nitrogens with zero attached hydrogens (tertiary/aromatic N) is 2. The third kappa shape index (κ3) is 1.57. The molecule has 0 bridgehead atoms. The summed E-state index contributed by atoms with van der Waals surface area (Å²) in [6.45, 7) is 2.21. The van der Waals surface area contributed by atoms with Crippen LogP contribution in [0.5, 0.6) is 0 Å². The van der Waals surface area contributed by atoms with Gasteiger partial charge < -0.3 is 9.80 Å². The molecule has 0 N–H and O–H groups in total. The second kappa shape index (κ2) is 3.13. The second-order valence-electron chi connectivity index (χ2n) is 3.33. The van der Waals surface area contributed by atoms with Crippen LogP contribution in [0.3, 0.4) is 0 Å². The van der Waals surface area contributed by atoms with Crippen molar-refractivity contribution in [3.63, 3.8) is 0 Å². The highest BCUT2D eigenvalue weighted by Gasteiger charge is 2.32. The van der Waals surface area contributed by atoms with Crippen LogP contribution >= 0.6 is 0 Å². The van der Waals surface area contributed by atoms with Crippen molar-refractivity contribution < 1.29 is 9.59 Å². The van der Waals surface area contributed by atoms with Gasteiger partial charge in [0.15, 0.2) is 0 Å². The molecule has 0 saturated carbocycles. The number of urea groups is 1. The molecule has 1 aliphatic heterocycles. The molecule has 4 heteroatoms. The Kier molecular flexibility index (Phi) is 2.35. The van der Waals surface area contributed by atoms with E-state index in [9.17, 15) is 9.59 Å². The minimum absolute atomic E-state index is 0.00116. The van der Waals surface area contributed by atoms with Crippen molar-refractivity contribution >= 4 is 11.8 Å². The van der Waals surface area contributed by atoms with Gasteiger partial charge in [0.2, 0.25) is 0 Å². The Labute approximate surface area is 72.1 Å². The van der Waals surface area contributed by atoms with Crippen LogP contribution in [0.4, 0.5) is 4.79 Å². The van der Waals surface area contributed by atoms with Crippen molar-refractivity contribution in [2.24, 2.45) is 0 Å². The maximum absolute atomic E-state index is 11.2. The van der Waals surface area contributed by atoms with Crippen molar-refractivity contribution in [3.05, 3.63) is 0 Å². The Morgan fingerprint density at radius 3 is 2.50 bits per heavy atom. The van der Waals surface area contributed by atoms with Gasteiger partial charge in [-0.2, -0.15) is 0 Å². The lowest BCUT2D eigenvalue weighted by Gasteiger charge is -2.15. The minimum atomic E-state index is 0.00116. The molecule has 1 saturated heterocycles. The summed E-state index contributed by atoms with van der Waals surface area (Å²) >= 11 is 0. The molecule has 1 heterocycles. The molecule has 12 heavy (non-hydrogen) atoms. The van der Waals surface area contributed by atoms with E-state index in [4.69, 9.17) is 0 Å². The first-order valence-electron chi connectivity index (χ1n) is 3.99. The molecule has 1 aliphatic rings. The Hall–Kier alpha value is -1.06. The molecule has 0 radical (unpaired) electrons. The average molecular weight is 170 g/mol. The van der Waals surface area contributed by atoms with Gasteiger partial charge in [0.1, 0.15) is 5.78 Å². The van der Waals surface area contributed by atoms with Gasteiger partial charge in [-0.25, -0.2) is 4.79 Å². The normalized spacial score (nSPS) is 23.6. The fourth-order valence-electron chi connectivity index (χ4n) is 1.48. The van der Waals surface area contributed by atoms with Crippen molar-refractivity contribution in [2.75, 3.05) is 20.6 Å². The van der Waals surface area contributed by atoms with Crippen LogP contribution in [0, 0.1) is 0 Å². The quantitative estimate of drug-likeness (QED) is 0.599. The summed E-state index contributed by atoms with van der Waals surface area (Å²) in [6, 6.07) is 0.0706. The van der Waals surface area contributed by atoms with E-state index in [1.165, 1.54) is 0 Å². The van der Waals surface area contributed by atoms with Gasteiger partial charge in [0.25, 0.3) is 0 Å². The molecule has 2 amide bonds. The van der Waals surface area contributed by atoms with E-state index in [2.05, 4.69) is 0 Å².